The van der Waals surface area contributed by atoms with Gasteiger partial charge in [-0.1, -0.05) is 6.07 Å². The maximum Gasteiger partial charge on any atom is 0.356 e. The molecule has 1 aliphatic carbocycles. The number of fused-ring (bicyclic) bond motifs is 2. The fourth-order valence-corrected chi connectivity index (χ4v) is 3.08. The molecular weight excluding hydrogens is 266 g/mol. The molecule has 2 aromatic heterocycles. The van der Waals surface area contributed by atoms with Crippen molar-refractivity contribution in [3.05, 3.63) is 53.5 Å². The van der Waals surface area contributed by atoms with Crippen molar-refractivity contribution in [2.75, 3.05) is 0 Å². The number of pyridine rings is 1. The lowest BCUT2D eigenvalue weighted by atomic mass is 10.1. The molecule has 0 spiro atoms. The second-order valence-corrected chi connectivity index (χ2v) is 5.19. The largest absolute Gasteiger partial charge is 0.476 e. The molecule has 0 fully saturated rings. The first-order chi connectivity index (χ1) is 10.3. The normalized spacial score (nSPS) is 13.5. The average molecular weight is 279 g/mol. The number of carboxylic acids is 1. The summed E-state index contributed by atoms with van der Waals surface area (Å²) in [7, 11) is 0. The average Bonchev–Trinajstić information content (AvgIpc) is 3.08. The minimum atomic E-state index is -0.953. The van der Waals surface area contributed by atoms with Crippen molar-refractivity contribution in [3.8, 4) is 5.69 Å². The number of carboxylic acid groups (broad SMARTS) is 1. The highest BCUT2D eigenvalue weighted by atomic mass is 16.4. The highest BCUT2D eigenvalue weighted by molar-refractivity contribution is 5.89. The number of hydrogen-bond donors (Lipinski definition) is 1. The molecule has 0 radical (unpaired) electrons. The third-order valence-electron chi connectivity index (χ3n) is 3.98. The summed E-state index contributed by atoms with van der Waals surface area (Å²) < 4.78 is 1.79. The molecule has 0 unspecified atom stereocenters. The number of carbonyl (C=O) groups is 1. The molecule has 3 aromatic rings. The van der Waals surface area contributed by atoms with Crippen molar-refractivity contribution in [1.82, 2.24) is 14.8 Å². The first-order valence-electron chi connectivity index (χ1n) is 6.94. The predicted octanol–water partition coefficient (Wildman–Crippen LogP) is 2.61. The molecule has 5 heteroatoms. The van der Waals surface area contributed by atoms with Crippen LogP contribution in [0.2, 0.25) is 0 Å². The molecule has 4 rings (SSSR count). The van der Waals surface area contributed by atoms with E-state index in [0.29, 0.717) is 0 Å². The number of nitrogens with zero attached hydrogens (tertiary/aromatic N) is 3. The van der Waals surface area contributed by atoms with Crippen LogP contribution < -0.4 is 0 Å². The Balaban J connectivity index is 2.02. The third kappa shape index (κ3) is 1.74. The Bertz CT molecular complexity index is 862. The minimum absolute atomic E-state index is 0.184. The van der Waals surface area contributed by atoms with Gasteiger partial charge < -0.3 is 5.11 Å². The van der Waals surface area contributed by atoms with Gasteiger partial charge >= 0.3 is 5.97 Å². The molecular formula is C16H13N3O2. The summed E-state index contributed by atoms with van der Waals surface area (Å²) in [5.41, 5.74) is 3.86. The van der Waals surface area contributed by atoms with Crippen LogP contribution in [0.25, 0.3) is 16.6 Å². The smallest absolute Gasteiger partial charge is 0.356 e. The van der Waals surface area contributed by atoms with Crippen LogP contribution in [0.15, 0.2) is 36.5 Å². The Labute approximate surface area is 120 Å². The van der Waals surface area contributed by atoms with Gasteiger partial charge in [-0.3, -0.25) is 4.98 Å². The Hall–Kier alpha value is -2.69. The van der Waals surface area contributed by atoms with E-state index in [0.717, 1.165) is 47.1 Å². The van der Waals surface area contributed by atoms with Gasteiger partial charge in [0.25, 0.3) is 0 Å². The lowest BCUT2D eigenvalue weighted by molar-refractivity contribution is 0.0689. The molecule has 0 atom stereocenters. The van der Waals surface area contributed by atoms with E-state index in [1.807, 2.05) is 30.3 Å². The Kier molecular flexibility index (Phi) is 2.54. The number of aromatic nitrogens is 3. The van der Waals surface area contributed by atoms with Crippen molar-refractivity contribution < 1.29 is 9.90 Å². The maximum absolute atomic E-state index is 11.4. The van der Waals surface area contributed by atoms with Crippen LogP contribution in [0, 0.1) is 0 Å². The molecule has 0 amide bonds. The van der Waals surface area contributed by atoms with Crippen molar-refractivity contribution in [2.24, 2.45) is 0 Å². The molecule has 1 aromatic carbocycles. The molecule has 2 heterocycles. The van der Waals surface area contributed by atoms with E-state index in [9.17, 15) is 9.90 Å². The van der Waals surface area contributed by atoms with Gasteiger partial charge in [0.15, 0.2) is 5.69 Å². The van der Waals surface area contributed by atoms with Gasteiger partial charge in [-0.15, -0.1) is 0 Å². The molecule has 5 nitrogen and oxygen atoms in total. The van der Waals surface area contributed by atoms with Gasteiger partial charge in [0, 0.05) is 22.8 Å². The van der Waals surface area contributed by atoms with E-state index in [1.54, 1.807) is 10.9 Å². The van der Waals surface area contributed by atoms with E-state index >= 15 is 0 Å². The van der Waals surface area contributed by atoms with E-state index < -0.39 is 5.97 Å². The molecule has 0 aliphatic heterocycles. The van der Waals surface area contributed by atoms with Crippen LogP contribution in [-0.2, 0) is 12.8 Å². The lowest BCUT2D eigenvalue weighted by Gasteiger charge is -2.08. The predicted molar refractivity (Wildman–Crippen MR) is 77.8 cm³/mol. The topological polar surface area (TPSA) is 68.0 Å². The van der Waals surface area contributed by atoms with Crippen LogP contribution in [-0.4, -0.2) is 25.8 Å². The summed E-state index contributed by atoms with van der Waals surface area (Å²) in [5, 5.41) is 14.7. The zero-order valence-corrected chi connectivity index (χ0v) is 11.3. The Morgan fingerprint density at radius 2 is 2.10 bits per heavy atom. The molecule has 0 bridgehead atoms. The standard InChI is InChI=1S/C16H13N3O2/c20-16(21)15-11-4-1-7-14(11)19(18-15)13-8-2-6-12-10(13)5-3-9-17-12/h2-3,5-6,8-9H,1,4,7H2,(H,20,21). The van der Waals surface area contributed by atoms with E-state index in [4.69, 9.17) is 0 Å². The van der Waals surface area contributed by atoms with E-state index in [2.05, 4.69) is 10.1 Å². The number of benzene rings is 1. The van der Waals surface area contributed by atoms with Crippen LogP contribution >= 0.6 is 0 Å². The molecule has 0 saturated heterocycles. The number of hydrogen-bond acceptors (Lipinski definition) is 3. The second-order valence-electron chi connectivity index (χ2n) is 5.19. The van der Waals surface area contributed by atoms with Gasteiger partial charge in [-0.25, -0.2) is 9.48 Å². The summed E-state index contributed by atoms with van der Waals surface area (Å²) in [5.74, 6) is -0.953. The van der Waals surface area contributed by atoms with Gasteiger partial charge in [0.1, 0.15) is 0 Å². The lowest BCUT2D eigenvalue weighted by Crippen LogP contribution is -2.05. The number of rotatable bonds is 2. The first kappa shape index (κ1) is 12.1. The van der Waals surface area contributed by atoms with Crippen molar-refractivity contribution in [1.29, 1.82) is 0 Å². The van der Waals surface area contributed by atoms with E-state index in [-0.39, 0.29) is 5.69 Å². The molecule has 1 N–H and O–H groups in total. The molecule has 104 valence electrons. The molecule has 0 saturated carbocycles. The first-order valence-corrected chi connectivity index (χ1v) is 6.94. The van der Waals surface area contributed by atoms with Crippen molar-refractivity contribution in [2.45, 2.75) is 19.3 Å². The van der Waals surface area contributed by atoms with Gasteiger partial charge in [0.2, 0.25) is 0 Å². The third-order valence-corrected chi connectivity index (χ3v) is 3.98. The Morgan fingerprint density at radius 3 is 2.95 bits per heavy atom. The van der Waals surface area contributed by atoms with Crippen molar-refractivity contribution >= 4 is 16.9 Å². The fraction of sp³-hybridized carbons (Fsp3) is 0.188. The summed E-state index contributed by atoms with van der Waals surface area (Å²) in [6, 6.07) is 9.70. The van der Waals surface area contributed by atoms with Gasteiger partial charge in [0.05, 0.1) is 11.2 Å². The summed E-state index contributed by atoms with van der Waals surface area (Å²) >= 11 is 0. The highest BCUT2D eigenvalue weighted by Gasteiger charge is 2.27. The van der Waals surface area contributed by atoms with Crippen molar-refractivity contribution in [3.63, 3.8) is 0 Å². The van der Waals surface area contributed by atoms with Crippen LogP contribution in [0.3, 0.4) is 0 Å². The summed E-state index contributed by atoms with van der Waals surface area (Å²) in [6.07, 6.45) is 4.39. The highest BCUT2D eigenvalue weighted by Crippen LogP contribution is 2.30. The van der Waals surface area contributed by atoms with Gasteiger partial charge in [-0.2, -0.15) is 5.10 Å². The summed E-state index contributed by atoms with van der Waals surface area (Å²) in [4.78, 5) is 15.7. The fourth-order valence-electron chi connectivity index (χ4n) is 3.08. The van der Waals surface area contributed by atoms with Crippen LogP contribution in [0.1, 0.15) is 28.2 Å². The zero-order valence-electron chi connectivity index (χ0n) is 11.3. The van der Waals surface area contributed by atoms with Crippen LogP contribution in [0.5, 0.6) is 0 Å². The van der Waals surface area contributed by atoms with Crippen LogP contribution in [0.4, 0.5) is 0 Å². The Morgan fingerprint density at radius 1 is 1.19 bits per heavy atom. The molecule has 1 aliphatic rings. The zero-order chi connectivity index (χ0) is 14.4. The molecule has 21 heavy (non-hydrogen) atoms. The SMILES string of the molecule is O=C(O)c1nn(-c2cccc3ncccc23)c2c1CCC2. The summed E-state index contributed by atoms with van der Waals surface area (Å²) in [6.45, 7) is 0. The quantitative estimate of drug-likeness (QED) is 0.783. The maximum atomic E-state index is 11.4. The van der Waals surface area contributed by atoms with Gasteiger partial charge in [-0.05, 0) is 43.5 Å². The second kappa shape index (κ2) is 4.41. The number of aromatic carboxylic acids is 1. The van der Waals surface area contributed by atoms with E-state index in [1.165, 1.54) is 0 Å². The minimum Gasteiger partial charge on any atom is -0.476 e. The monoisotopic (exact) mass is 279 g/mol.